The van der Waals surface area contributed by atoms with E-state index in [1.807, 2.05) is 0 Å². The van der Waals surface area contributed by atoms with Gasteiger partial charge in [0.15, 0.2) is 12.3 Å². The Hall–Kier alpha value is -3.68. The molecule has 7 nitrogen and oxygen atoms in total. The Morgan fingerprint density at radius 2 is 2.00 bits per heavy atom. The van der Waals surface area contributed by atoms with E-state index in [9.17, 15) is 14.0 Å². The van der Waals surface area contributed by atoms with Crippen molar-refractivity contribution in [2.45, 2.75) is 19.3 Å². The molecule has 2 aromatic carbocycles. The SMILES string of the molecule is O=C1COc2ccc(NC(=O)c3nn(-c4ccc(F)cc4)c4c3CCC4)cc2N1. The second-order valence-electron chi connectivity index (χ2n) is 7.02. The van der Waals surface area contributed by atoms with Crippen molar-refractivity contribution < 1.29 is 18.7 Å². The number of aromatic nitrogens is 2. The Labute approximate surface area is 165 Å². The zero-order chi connectivity index (χ0) is 20.0. The van der Waals surface area contributed by atoms with Crippen molar-refractivity contribution in [3.63, 3.8) is 0 Å². The first-order valence-corrected chi connectivity index (χ1v) is 9.33. The summed E-state index contributed by atoms with van der Waals surface area (Å²) in [6.45, 7) is -0.0222. The predicted molar refractivity (Wildman–Crippen MR) is 104 cm³/mol. The molecule has 0 radical (unpaired) electrons. The quantitative estimate of drug-likeness (QED) is 0.717. The summed E-state index contributed by atoms with van der Waals surface area (Å²) in [5, 5.41) is 10.1. The fraction of sp³-hybridized carbons (Fsp3) is 0.190. The third kappa shape index (κ3) is 3.12. The van der Waals surface area contributed by atoms with Crippen LogP contribution in [0, 0.1) is 5.82 Å². The number of amides is 2. The Morgan fingerprint density at radius 1 is 1.17 bits per heavy atom. The van der Waals surface area contributed by atoms with Gasteiger partial charge in [0, 0.05) is 16.9 Å². The van der Waals surface area contributed by atoms with Gasteiger partial charge in [-0.3, -0.25) is 9.59 Å². The summed E-state index contributed by atoms with van der Waals surface area (Å²) in [6.07, 6.45) is 2.53. The lowest BCUT2D eigenvalue weighted by molar-refractivity contribution is -0.118. The minimum Gasteiger partial charge on any atom is -0.482 e. The fourth-order valence-electron chi connectivity index (χ4n) is 3.77. The van der Waals surface area contributed by atoms with Crippen LogP contribution in [0.3, 0.4) is 0 Å². The van der Waals surface area contributed by atoms with Crippen LogP contribution in [0.2, 0.25) is 0 Å². The molecule has 0 fully saturated rings. The Balaban J connectivity index is 1.45. The number of hydrogen-bond acceptors (Lipinski definition) is 4. The minimum atomic E-state index is -0.327. The zero-order valence-corrected chi connectivity index (χ0v) is 15.4. The normalized spacial score (nSPS) is 14.6. The molecule has 0 saturated carbocycles. The molecule has 3 aromatic rings. The summed E-state index contributed by atoms with van der Waals surface area (Å²) in [5.41, 5.74) is 4.02. The van der Waals surface area contributed by atoms with Crippen LogP contribution >= 0.6 is 0 Å². The number of fused-ring (bicyclic) bond motifs is 2. The third-order valence-corrected chi connectivity index (χ3v) is 5.09. The zero-order valence-electron chi connectivity index (χ0n) is 15.4. The molecule has 2 heterocycles. The average molecular weight is 392 g/mol. The van der Waals surface area contributed by atoms with Crippen LogP contribution in [-0.2, 0) is 17.6 Å². The standard InChI is InChI=1S/C21H17FN4O3/c22-12-4-7-14(8-5-12)26-17-3-1-2-15(17)20(25-26)21(28)23-13-6-9-18-16(10-13)24-19(27)11-29-18/h4-10H,1-3,11H2,(H,23,28)(H,24,27). The van der Waals surface area contributed by atoms with Crippen LogP contribution in [0.1, 0.15) is 28.2 Å². The number of carbonyl (C=O) groups excluding carboxylic acids is 2. The summed E-state index contributed by atoms with van der Waals surface area (Å²) in [7, 11) is 0. The summed E-state index contributed by atoms with van der Waals surface area (Å²) in [4.78, 5) is 24.4. The van der Waals surface area contributed by atoms with Gasteiger partial charge in [0.25, 0.3) is 11.8 Å². The van der Waals surface area contributed by atoms with Gasteiger partial charge in [-0.25, -0.2) is 9.07 Å². The van der Waals surface area contributed by atoms with Gasteiger partial charge in [-0.15, -0.1) is 0 Å². The lowest BCUT2D eigenvalue weighted by Gasteiger charge is -2.18. The van der Waals surface area contributed by atoms with Crippen molar-refractivity contribution in [3.05, 3.63) is 65.2 Å². The van der Waals surface area contributed by atoms with E-state index in [0.29, 0.717) is 22.8 Å². The van der Waals surface area contributed by atoms with Gasteiger partial charge in [0.2, 0.25) is 0 Å². The van der Waals surface area contributed by atoms with Crippen LogP contribution in [-0.4, -0.2) is 28.2 Å². The van der Waals surface area contributed by atoms with E-state index in [1.165, 1.54) is 12.1 Å². The third-order valence-electron chi connectivity index (χ3n) is 5.09. The highest BCUT2D eigenvalue weighted by Gasteiger charge is 2.27. The number of rotatable bonds is 3. The molecule has 1 aliphatic heterocycles. The summed E-state index contributed by atoms with van der Waals surface area (Å²) in [6, 6.07) is 11.1. The molecule has 0 unspecified atom stereocenters. The van der Waals surface area contributed by atoms with E-state index in [0.717, 1.165) is 36.2 Å². The second-order valence-corrected chi connectivity index (χ2v) is 7.02. The van der Waals surface area contributed by atoms with Gasteiger partial charge < -0.3 is 15.4 Å². The summed E-state index contributed by atoms with van der Waals surface area (Å²) in [5.74, 6) is -0.327. The van der Waals surface area contributed by atoms with E-state index in [-0.39, 0.29) is 24.2 Å². The monoisotopic (exact) mass is 392 g/mol. The molecule has 0 atom stereocenters. The molecule has 1 aromatic heterocycles. The Bertz CT molecular complexity index is 1140. The van der Waals surface area contributed by atoms with E-state index in [2.05, 4.69) is 15.7 Å². The Kier molecular flexibility index (Phi) is 4.04. The van der Waals surface area contributed by atoms with Gasteiger partial charge in [-0.05, 0) is 61.7 Å². The lowest BCUT2D eigenvalue weighted by Crippen LogP contribution is -2.25. The van der Waals surface area contributed by atoms with Crippen molar-refractivity contribution in [1.82, 2.24) is 9.78 Å². The van der Waals surface area contributed by atoms with Gasteiger partial charge in [-0.1, -0.05) is 0 Å². The molecule has 1 aliphatic carbocycles. The number of halogens is 1. The fourth-order valence-corrected chi connectivity index (χ4v) is 3.77. The molecule has 8 heteroatoms. The molecule has 0 saturated heterocycles. The van der Waals surface area contributed by atoms with Gasteiger partial charge in [0.1, 0.15) is 11.6 Å². The molecular formula is C21H17FN4O3. The van der Waals surface area contributed by atoms with E-state index >= 15 is 0 Å². The van der Waals surface area contributed by atoms with Crippen molar-refractivity contribution in [1.29, 1.82) is 0 Å². The molecule has 29 heavy (non-hydrogen) atoms. The average Bonchev–Trinajstić information content (AvgIpc) is 3.31. The Morgan fingerprint density at radius 3 is 2.83 bits per heavy atom. The summed E-state index contributed by atoms with van der Waals surface area (Å²) < 4.78 is 20.3. The summed E-state index contributed by atoms with van der Waals surface area (Å²) >= 11 is 0. The second kappa shape index (κ2) is 6.73. The highest BCUT2D eigenvalue weighted by molar-refractivity contribution is 6.05. The molecule has 0 spiro atoms. The molecule has 5 rings (SSSR count). The highest BCUT2D eigenvalue weighted by Crippen LogP contribution is 2.32. The number of nitrogens with zero attached hydrogens (tertiary/aromatic N) is 2. The number of nitrogens with one attached hydrogen (secondary N) is 2. The highest BCUT2D eigenvalue weighted by atomic mass is 19.1. The topological polar surface area (TPSA) is 85.2 Å². The van der Waals surface area contributed by atoms with E-state index < -0.39 is 0 Å². The molecule has 2 amide bonds. The maximum atomic E-state index is 13.3. The predicted octanol–water partition coefficient (Wildman–Crippen LogP) is 3.08. The number of benzene rings is 2. The maximum absolute atomic E-state index is 13.3. The van der Waals surface area contributed by atoms with E-state index in [4.69, 9.17) is 4.74 Å². The van der Waals surface area contributed by atoms with Gasteiger partial charge in [0.05, 0.1) is 11.4 Å². The number of carbonyl (C=O) groups is 2. The number of anilines is 2. The molecular weight excluding hydrogens is 375 g/mol. The van der Waals surface area contributed by atoms with E-state index in [1.54, 1.807) is 35.0 Å². The smallest absolute Gasteiger partial charge is 0.276 e. The van der Waals surface area contributed by atoms with Crippen LogP contribution in [0.25, 0.3) is 5.69 Å². The van der Waals surface area contributed by atoms with Crippen molar-refractivity contribution in [2.75, 3.05) is 17.2 Å². The number of ether oxygens (including phenoxy) is 1. The largest absolute Gasteiger partial charge is 0.482 e. The molecule has 0 bridgehead atoms. The first kappa shape index (κ1) is 17.4. The van der Waals surface area contributed by atoms with Crippen LogP contribution in [0.4, 0.5) is 15.8 Å². The van der Waals surface area contributed by atoms with Crippen LogP contribution < -0.4 is 15.4 Å². The molecule has 2 N–H and O–H groups in total. The van der Waals surface area contributed by atoms with Gasteiger partial charge in [-0.2, -0.15) is 5.10 Å². The number of hydrogen-bond donors (Lipinski definition) is 2. The van der Waals surface area contributed by atoms with Gasteiger partial charge >= 0.3 is 0 Å². The van der Waals surface area contributed by atoms with Crippen LogP contribution in [0.5, 0.6) is 5.75 Å². The molecule has 2 aliphatic rings. The minimum absolute atomic E-state index is 0.0222. The molecule has 146 valence electrons. The maximum Gasteiger partial charge on any atom is 0.276 e. The van der Waals surface area contributed by atoms with Crippen molar-refractivity contribution >= 4 is 23.2 Å². The first-order chi connectivity index (χ1) is 14.1. The van der Waals surface area contributed by atoms with Crippen molar-refractivity contribution in [3.8, 4) is 11.4 Å². The first-order valence-electron chi connectivity index (χ1n) is 9.33. The van der Waals surface area contributed by atoms with Crippen molar-refractivity contribution in [2.24, 2.45) is 0 Å². The lowest BCUT2D eigenvalue weighted by atomic mass is 10.2. The van der Waals surface area contributed by atoms with Crippen LogP contribution in [0.15, 0.2) is 42.5 Å².